The maximum atomic E-state index is 13.1. The molecule has 1 aliphatic heterocycles. The van der Waals surface area contributed by atoms with Crippen LogP contribution >= 0.6 is 11.8 Å². The molecule has 36 heavy (non-hydrogen) atoms. The largest absolute Gasteiger partial charge is 0.446 e. The molecular formula is C23H19F3N6O3S. The van der Waals surface area contributed by atoms with Crippen molar-refractivity contribution < 1.29 is 27.6 Å². The standard InChI is InChI=1S/C23H19F3N6O3S/c1-14-20(33)32(16-5-7-17(8-6-16)36-23(24,25)26)22(35)31(14)13-15-9-11-28-19(12-15)30-21(34)29-18-4-2-3-10-27-18/h2-12,14H,13H2,1H3,(H2,27,28,29,30,34). The van der Waals surface area contributed by atoms with Crippen LogP contribution < -0.4 is 15.5 Å². The Morgan fingerprint density at radius 3 is 2.36 bits per heavy atom. The molecule has 9 nitrogen and oxygen atoms in total. The molecule has 13 heteroatoms. The lowest BCUT2D eigenvalue weighted by molar-refractivity contribution is -0.119. The summed E-state index contributed by atoms with van der Waals surface area (Å²) in [5.74, 6) is 0.0748. The van der Waals surface area contributed by atoms with E-state index in [1.54, 1.807) is 37.3 Å². The first-order valence-corrected chi connectivity index (χ1v) is 11.4. The highest BCUT2D eigenvalue weighted by Crippen LogP contribution is 2.38. The van der Waals surface area contributed by atoms with Gasteiger partial charge in [-0.1, -0.05) is 6.07 Å². The van der Waals surface area contributed by atoms with Gasteiger partial charge in [-0.05, 0) is 72.8 Å². The number of thioether (sulfide) groups is 1. The number of hydrogen-bond acceptors (Lipinski definition) is 6. The van der Waals surface area contributed by atoms with Crippen LogP contribution in [0.25, 0.3) is 0 Å². The highest BCUT2D eigenvalue weighted by atomic mass is 32.2. The molecule has 2 aromatic heterocycles. The molecule has 0 radical (unpaired) electrons. The molecule has 4 rings (SSSR count). The number of carbonyl (C=O) groups excluding carboxylic acids is 3. The van der Waals surface area contributed by atoms with E-state index in [-0.39, 0.29) is 34.7 Å². The number of rotatable bonds is 6. The topological polar surface area (TPSA) is 108 Å². The van der Waals surface area contributed by atoms with Crippen LogP contribution in [0.1, 0.15) is 12.5 Å². The number of nitrogens with one attached hydrogen (secondary N) is 2. The van der Waals surface area contributed by atoms with Gasteiger partial charge in [-0.25, -0.2) is 24.5 Å². The molecule has 186 valence electrons. The summed E-state index contributed by atoms with van der Waals surface area (Å²) in [5.41, 5.74) is -3.66. The van der Waals surface area contributed by atoms with E-state index in [1.165, 1.54) is 41.6 Å². The fourth-order valence-electron chi connectivity index (χ4n) is 3.49. The number of halogens is 3. The van der Waals surface area contributed by atoms with Crippen molar-refractivity contribution >= 4 is 47.1 Å². The molecule has 0 aliphatic carbocycles. The maximum Gasteiger partial charge on any atom is 0.446 e. The highest BCUT2D eigenvalue weighted by Gasteiger charge is 2.43. The number of pyridine rings is 2. The van der Waals surface area contributed by atoms with E-state index in [2.05, 4.69) is 20.6 Å². The number of alkyl halides is 3. The van der Waals surface area contributed by atoms with Crippen LogP contribution in [-0.2, 0) is 11.3 Å². The van der Waals surface area contributed by atoms with Gasteiger partial charge in [0.1, 0.15) is 17.7 Å². The number of nitrogens with zero attached hydrogens (tertiary/aromatic N) is 4. The van der Waals surface area contributed by atoms with Gasteiger partial charge >= 0.3 is 17.6 Å². The Labute approximate surface area is 207 Å². The number of carbonyl (C=O) groups is 3. The van der Waals surface area contributed by atoms with E-state index < -0.39 is 29.5 Å². The van der Waals surface area contributed by atoms with Crippen LogP contribution in [-0.4, -0.2) is 44.4 Å². The normalized spacial score (nSPS) is 15.8. The van der Waals surface area contributed by atoms with Crippen LogP contribution in [0.5, 0.6) is 0 Å². The van der Waals surface area contributed by atoms with Gasteiger partial charge < -0.3 is 4.90 Å². The number of anilines is 3. The zero-order chi connectivity index (χ0) is 25.9. The third kappa shape index (κ3) is 5.92. The number of imide groups is 1. The Balaban J connectivity index is 1.44. The molecule has 1 atom stereocenters. The molecule has 2 N–H and O–H groups in total. The van der Waals surface area contributed by atoms with Crippen molar-refractivity contribution in [2.24, 2.45) is 0 Å². The summed E-state index contributed by atoms with van der Waals surface area (Å²) in [5, 5.41) is 5.14. The fraction of sp³-hybridized carbons (Fsp3) is 0.174. The Kier molecular flexibility index (Phi) is 7.10. The van der Waals surface area contributed by atoms with Gasteiger partial charge in [-0.2, -0.15) is 13.2 Å². The van der Waals surface area contributed by atoms with Gasteiger partial charge in [0.05, 0.1) is 5.69 Å². The zero-order valence-electron chi connectivity index (χ0n) is 18.7. The van der Waals surface area contributed by atoms with Crippen molar-refractivity contribution in [2.45, 2.75) is 29.9 Å². The smallest absolute Gasteiger partial charge is 0.308 e. The highest BCUT2D eigenvalue weighted by molar-refractivity contribution is 8.00. The lowest BCUT2D eigenvalue weighted by atomic mass is 10.2. The Morgan fingerprint density at radius 2 is 1.69 bits per heavy atom. The molecular weight excluding hydrogens is 497 g/mol. The molecule has 5 amide bonds. The molecule has 1 aromatic carbocycles. The first-order valence-electron chi connectivity index (χ1n) is 10.5. The van der Waals surface area contributed by atoms with Crippen LogP contribution in [0, 0.1) is 0 Å². The molecule has 1 saturated heterocycles. The second-order valence-corrected chi connectivity index (χ2v) is 8.78. The summed E-state index contributed by atoms with van der Waals surface area (Å²) < 4.78 is 37.7. The summed E-state index contributed by atoms with van der Waals surface area (Å²) in [7, 11) is 0. The molecule has 0 saturated carbocycles. The Morgan fingerprint density at radius 1 is 1.00 bits per heavy atom. The van der Waals surface area contributed by atoms with Crippen molar-refractivity contribution in [3.63, 3.8) is 0 Å². The average molecular weight is 517 g/mol. The molecule has 1 unspecified atom stereocenters. The van der Waals surface area contributed by atoms with Crippen molar-refractivity contribution in [3.8, 4) is 0 Å². The average Bonchev–Trinajstić information content (AvgIpc) is 3.02. The fourth-order valence-corrected chi connectivity index (χ4v) is 4.03. The third-order valence-electron chi connectivity index (χ3n) is 5.14. The minimum absolute atomic E-state index is 0.0449. The van der Waals surface area contributed by atoms with Crippen molar-refractivity contribution in [2.75, 3.05) is 15.5 Å². The lowest BCUT2D eigenvalue weighted by Gasteiger charge is -2.20. The maximum absolute atomic E-state index is 13.1. The van der Waals surface area contributed by atoms with Crippen LogP contribution in [0.4, 0.5) is 40.1 Å². The van der Waals surface area contributed by atoms with Gasteiger partial charge in [0.25, 0.3) is 5.91 Å². The van der Waals surface area contributed by atoms with E-state index in [4.69, 9.17) is 0 Å². The number of hydrogen-bond donors (Lipinski definition) is 2. The van der Waals surface area contributed by atoms with Crippen molar-refractivity contribution in [3.05, 3.63) is 72.6 Å². The van der Waals surface area contributed by atoms with E-state index in [0.717, 1.165) is 4.90 Å². The Bertz CT molecular complexity index is 1270. The summed E-state index contributed by atoms with van der Waals surface area (Å²) in [6, 6.07) is 11.3. The molecule has 1 fully saturated rings. The second kappa shape index (κ2) is 10.2. The van der Waals surface area contributed by atoms with E-state index in [0.29, 0.717) is 11.4 Å². The monoisotopic (exact) mass is 516 g/mol. The first-order chi connectivity index (χ1) is 17.1. The van der Waals surface area contributed by atoms with Crippen LogP contribution in [0.15, 0.2) is 71.9 Å². The van der Waals surface area contributed by atoms with Gasteiger partial charge in [0, 0.05) is 23.8 Å². The molecule has 0 bridgehead atoms. The quantitative estimate of drug-likeness (QED) is 0.349. The summed E-state index contributed by atoms with van der Waals surface area (Å²) in [6.07, 6.45) is 2.98. The Hall–Kier alpha value is -4.13. The molecule has 0 spiro atoms. The van der Waals surface area contributed by atoms with Gasteiger partial charge in [-0.3, -0.25) is 15.4 Å². The molecule has 3 heterocycles. The van der Waals surface area contributed by atoms with Gasteiger partial charge in [-0.15, -0.1) is 0 Å². The summed E-state index contributed by atoms with van der Waals surface area (Å²) in [4.78, 5) is 48.4. The van der Waals surface area contributed by atoms with Crippen LogP contribution in [0.3, 0.4) is 0 Å². The third-order valence-corrected chi connectivity index (χ3v) is 5.88. The SMILES string of the molecule is CC1C(=O)N(c2ccc(SC(F)(F)F)cc2)C(=O)N1Cc1ccnc(NC(=O)Nc2ccccn2)c1. The second-order valence-electron chi connectivity index (χ2n) is 7.65. The summed E-state index contributed by atoms with van der Waals surface area (Å²) in [6.45, 7) is 1.61. The van der Waals surface area contributed by atoms with E-state index >= 15 is 0 Å². The molecule has 3 aromatic rings. The number of benzene rings is 1. The first kappa shape index (κ1) is 25.0. The number of aromatic nitrogens is 2. The van der Waals surface area contributed by atoms with E-state index in [1.807, 2.05) is 0 Å². The van der Waals surface area contributed by atoms with Crippen molar-refractivity contribution in [1.29, 1.82) is 0 Å². The number of urea groups is 2. The lowest BCUT2D eigenvalue weighted by Crippen LogP contribution is -2.33. The minimum atomic E-state index is -4.44. The van der Waals surface area contributed by atoms with E-state index in [9.17, 15) is 27.6 Å². The van der Waals surface area contributed by atoms with Crippen LogP contribution in [0.2, 0.25) is 0 Å². The van der Waals surface area contributed by atoms with Gasteiger partial charge in [0.15, 0.2) is 0 Å². The van der Waals surface area contributed by atoms with Crippen molar-refractivity contribution in [1.82, 2.24) is 14.9 Å². The molecule has 1 aliphatic rings. The van der Waals surface area contributed by atoms with Gasteiger partial charge in [0.2, 0.25) is 0 Å². The summed E-state index contributed by atoms with van der Waals surface area (Å²) >= 11 is -0.280. The predicted octanol–water partition coefficient (Wildman–Crippen LogP) is 5.09. The minimum Gasteiger partial charge on any atom is -0.308 e. The predicted molar refractivity (Wildman–Crippen MR) is 127 cm³/mol. The zero-order valence-corrected chi connectivity index (χ0v) is 19.5. The number of amides is 5.